The minimum atomic E-state index is -0.353. The second-order valence-corrected chi connectivity index (χ2v) is 6.47. The first-order chi connectivity index (χ1) is 12.2. The number of rotatable bonds is 5. The molecule has 0 radical (unpaired) electrons. The first-order valence-electron chi connectivity index (χ1n) is 7.87. The average molecular weight is 353 g/mol. The number of amides is 1. The number of nitrogens with one attached hydrogen (secondary N) is 1. The average Bonchev–Trinajstić information content (AvgIpc) is 3.25. The summed E-state index contributed by atoms with van der Waals surface area (Å²) in [4.78, 5) is 28.9. The number of nitrogens with zero attached hydrogens (tertiary/aromatic N) is 2. The fourth-order valence-electron chi connectivity index (χ4n) is 2.72. The molecule has 4 aromatic rings. The summed E-state index contributed by atoms with van der Waals surface area (Å²) in [6, 6.07) is 9.38. The van der Waals surface area contributed by atoms with Crippen molar-refractivity contribution in [2.45, 2.75) is 13.0 Å². The van der Waals surface area contributed by atoms with E-state index in [-0.39, 0.29) is 23.6 Å². The van der Waals surface area contributed by atoms with Gasteiger partial charge in [-0.2, -0.15) is 11.3 Å². The molecular weight excluding hydrogens is 338 g/mol. The molecule has 0 spiro atoms. The Balaban J connectivity index is 1.51. The van der Waals surface area contributed by atoms with Crippen molar-refractivity contribution in [1.82, 2.24) is 14.9 Å². The van der Waals surface area contributed by atoms with Crippen molar-refractivity contribution < 1.29 is 9.21 Å². The van der Waals surface area contributed by atoms with E-state index in [1.165, 1.54) is 16.5 Å². The molecule has 0 aliphatic carbocycles. The molecule has 0 aliphatic heterocycles. The van der Waals surface area contributed by atoms with E-state index in [4.69, 9.17) is 4.42 Å². The smallest absolute Gasteiger partial charge is 0.297 e. The molecule has 0 saturated heterocycles. The van der Waals surface area contributed by atoms with Crippen LogP contribution in [0.3, 0.4) is 0 Å². The molecule has 1 N–H and O–H groups in total. The van der Waals surface area contributed by atoms with Crippen LogP contribution >= 0.6 is 11.3 Å². The van der Waals surface area contributed by atoms with Gasteiger partial charge in [-0.05, 0) is 40.9 Å². The quantitative estimate of drug-likeness (QED) is 0.598. The minimum Gasteiger partial charge on any atom is -0.448 e. The molecule has 3 aromatic heterocycles. The predicted molar refractivity (Wildman–Crippen MR) is 96.8 cm³/mol. The third kappa shape index (κ3) is 3.06. The van der Waals surface area contributed by atoms with E-state index < -0.39 is 0 Å². The monoisotopic (exact) mass is 353 g/mol. The molecule has 0 unspecified atom stereocenters. The molecule has 0 atom stereocenters. The first-order valence-corrected chi connectivity index (χ1v) is 8.81. The number of fused-ring (bicyclic) bond motifs is 3. The Labute approximate surface area is 146 Å². The number of hydrogen-bond donors (Lipinski definition) is 1. The maximum Gasteiger partial charge on any atom is 0.297 e. The van der Waals surface area contributed by atoms with Crippen LogP contribution in [0, 0.1) is 0 Å². The molecule has 0 aliphatic rings. The van der Waals surface area contributed by atoms with Crippen molar-refractivity contribution in [3.63, 3.8) is 0 Å². The molecular formula is C18H15N3O3S. The highest BCUT2D eigenvalue weighted by Gasteiger charge is 2.14. The third-order valence-corrected chi connectivity index (χ3v) is 4.71. The van der Waals surface area contributed by atoms with Gasteiger partial charge in [-0.3, -0.25) is 14.2 Å². The zero-order valence-corrected chi connectivity index (χ0v) is 14.1. The van der Waals surface area contributed by atoms with Crippen LogP contribution in [0.5, 0.6) is 0 Å². The molecule has 0 bridgehead atoms. The van der Waals surface area contributed by atoms with Crippen LogP contribution in [0.4, 0.5) is 0 Å². The minimum absolute atomic E-state index is 0.0809. The fourth-order valence-corrected chi connectivity index (χ4v) is 3.42. The zero-order chi connectivity index (χ0) is 17.2. The largest absolute Gasteiger partial charge is 0.448 e. The second-order valence-electron chi connectivity index (χ2n) is 5.69. The van der Waals surface area contributed by atoms with Gasteiger partial charge in [0.2, 0.25) is 11.5 Å². The summed E-state index contributed by atoms with van der Waals surface area (Å²) in [7, 11) is 0. The summed E-state index contributed by atoms with van der Waals surface area (Å²) in [5, 5.41) is 7.67. The van der Waals surface area contributed by atoms with Gasteiger partial charge < -0.3 is 9.73 Å². The Bertz CT molecular complexity index is 1100. The zero-order valence-electron chi connectivity index (χ0n) is 13.3. The molecule has 6 nitrogen and oxygen atoms in total. The summed E-state index contributed by atoms with van der Waals surface area (Å²) in [6.07, 6.45) is 2.16. The van der Waals surface area contributed by atoms with Crippen LogP contribution in [0.15, 0.2) is 56.6 Å². The highest BCUT2D eigenvalue weighted by Crippen LogP contribution is 2.23. The molecule has 3 heterocycles. The van der Waals surface area contributed by atoms with E-state index in [1.807, 2.05) is 29.6 Å². The maximum absolute atomic E-state index is 12.5. The van der Waals surface area contributed by atoms with Gasteiger partial charge in [0.05, 0.1) is 6.33 Å². The van der Waals surface area contributed by atoms with Crippen molar-refractivity contribution in [2.24, 2.45) is 0 Å². The van der Waals surface area contributed by atoms with Gasteiger partial charge >= 0.3 is 0 Å². The van der Waals surface area contributed by atoms with Gasteiger partial charge in [0, 0.05) is 11.9 Å². The van der Waals surface area contributed by atoms with E-state index in [0.29, 0.717) is 17.6 Å². The third-order valence-electron chi connectivity index (χ3n) is 3.98. The van der Waals surface area contributed by atoms with Crippen LogP contribution < -0.4 is 10.9 Å². The Morgan fingerprint density at radius 3 is 3.00 bits per heavy atom. The molecule has 126 valence electrons. The summed E-state index contributed by atoms with van der Waals surface area (Å²) in [5.41, 5.74) is 2.14. The topological polar surface area (TPSA) is 77.1 Å². The number of carbonyl (C=O) groups excluding carboxylic acids is 1. The standard InChI is InChI=1S/C18H15N3O3S/c22-15(19-7-5-12-6-8-25-10-12)9-21-11-20-16-13-3-1-2-4-14(13)24-17(16)18(21)23/h1-4,6,8,10-11H,5,7,9H2,(H,19,22). The predicted octanol–water partition coefficient (Wildman–Crippen LogP) is 2.56. The fraction of sp³-hybridized carbons (Fsp3) is 0.167. The number of aromatic nitrogens is 2. The van der Waals surface area contributed by atoms with Crippen molar-refractivity contribution in [3.8, 4) is 0 Å². The van der Waals surface area contributed by atoms with Gasteiger partial charge in [-0.25, -0.2) is 4.98 Å². The molecule has 1 aromatic carbocycles. The van der Waals surface area contributed by atoms with Crippen LogP contribution in [-0.4, -0.2) is 22.0 Å². The van der Waals surface area contributed by atoms with Crippen molar-refractivity contribution >= 4 is 39.3 Å². The van der Waals surface area contributed by atoms with Crippen LogP contribution in [0.2, 0.25) is 0 Å². The Morgan fingerprint density at radius 1 is 1.28 bits per heavy atom. The Hall–Kier alpha value is -2.93. The second kappa shape index (κ2) is 6.52. The number of carbonyl (C=O) groups is 1. The van der Waals surface area contributed by atoms with E-state index in [0.717, 1.165) is 11.8 Å². The van der Waals surface area contributed by atoms with Crippen molar-refractivity contribution in [2.75, 3.05) is 6.54 Å². The number of para-hydroxylation sites is 1. The molecule has 0 saturated carbocycles. The van der Waals surface area contributed by atoms with Crippen LogP contribution in [0.25, 0.3) is 22.1 Å². The van der Waals surface area contributed by atoms with Crippen molar-refractivity contribution in [3.05, 3.63) is 63.3 Å². The van der Waals surface area contributed by atoms with E-state index >= 15 is 0 Å². The Morgan fingerprint density at radius 2 is 2.16 bits per heavy atom. The maximum atomic E-state index is 12.5. The van der Waals surface area contributed by atoms with Gasteiger partial charge in [-0.1, -0.05) is 12.1 Å². The lowest BCUT2D eigenvalue weighted by molar-refractivity contribution is -0.121. The number of benzene rings is 1. The summed E-state index contributed by atoms with van der Waals surface area (Å²) >= 11 is 1.63. The summed E-state index contributed by atoms with van der Waals surface area (Å²) in [6.45, 7) is 0.451. The number of thiophene rings is 1. The van der Waals surface area contributed by atoms with Gasteiger partial charge in [0.1, 0.15) is 17.6 Å². The molecule has 25 heavy (non-hydrogen) atoms. The van der Waals surface area contributed by atoms with Crippen LogP contribution in [-0.2, 0) is 17.8 Å². The number of hydrogen-bond acceptors (Lipinski definition) is 5. The SMILES string of the molecule is O=C(Cn1cnc2c(oc3ccccc32)c1=O)NCCc1ccsc1. The van der Waals surface area contributed by atoms with E-state index in [9.17, 15) is 9.59 Å². The lowest BCUT2D eigenvalue weighted by Crippen LogP contribution is -2.33. The first kappa shape index (κ1) is 15.6. The molecule has 0 fully saturated rings. The summed E-state index contributed by atoms with van der Waals surface area (Å²) < 4.78 is 6.88. The van der Waals surface area contributed by atoms with E-state index in [2.05, 4.69) is 15.7 Å². The molecule has 7 heteroatoms. The highest BCUT2D eigenvalue weighted by molar-refractivity contribution is 7.07. The molecule has 1 amide bonds. The normalized spacial score (nSPS) is 11.2. The lowest BCUT2D eigenvalue weighted by atomic mass is 10.2. The van der Waals surface area contributed by atoms with Gasteiger partial charge in [0.25, 0.3) is 5.56 Å². The van der Waals surface area contributed by atoms with Crippen molar-refractivity contribution in [1.29, 1.82) is 0 Å². The van der Waals surface area contributed by atoms with Crippen LogP contribution in [0.1, 0.15) is 5.56 Å². The van der Waals surface area contributed by atoms with Gasteiger partial charge in [0.15, 0.2) is 0 Å². The number of furan rings is 1. The van der Waals surface area contributed by atoms with Gasteiger partial charge in [-0.15, -0.1) is 0 Å². The Kier molecular flexibility index (Phi) is 4.07. The highest BCUT2D eigenvalue weighted by atomic mass is 32.1. The molecule has 4 rings (SSSR count). The van der Waals surface area contributed by atoms with E-state index in [1.54, 1.807) is 17.4 Å². The summed E-state index contributed by atoms with van der Waals surface area (Å²) in [5.74, 6) is -0.227. The lowest BCUT2D eigenvalue weighted by Gasteiger charge is -2.06.